The van der Waals surface area contributed by atoms with E-state index in [0.717, 1.165) is 50.5 Å². The largest absolute Gasteiger partial charge is 0.261 e. The molecular formula is C51H33N3. The van der Waals surface area contributed by atoms with E-state index in [0.29, 0.717) is 0 Å². The molecule has 0 saturated heterocycles. The van der Waals surface area contributed by atoms with Gasteiger partial charge in [0.2, 0.25) is 0 Å². The van der Waals surface area contributed by atoms with Crippen LogP contribution in [-0.2, 0) is 5.41 Å². The lowest BCUT2D eigenvalue weighted by molar-refractivity contribution is 0.794. The number of aryl methyl sites for hydroxylation is 1. The van der Waals surface area contributed by atoms with E-state index in [4.69, 9.17) is 9.97 Å². The summed E-state index contributed by atoms with van der Waals surface area (Å²) in [7, 11) is 0. The number of aromatic nitrogens is 3. The molecule has 0 radical (unpaired) electrons. The highest BCUT2D eigenvalue weighted by atomic mass is 14.9. The average Bonchev–Trinajstić information content (AvgIpc) is 3.71. The van der Waals surface area contributed by atoms with Crippen LogP contribution in [0.4, 0.5) is 0 Å². The van der Waals surface area contributed by atoms with Gasteiger partial charge in [0.25, 0.3) is 0 Å². The van der Waals surface area contributed by atoms with Crippen molar-refractivity contribution in [1.29, 1.82) is 0 Å². The molecule has 0 saturated carbocycles. The van der Waals surface area contributed by atoms with E-state index in [9.17, 15) is 0 Å². The monoisotopic (exact) mass is 687 g/mol. The predicted octanol–water partition coefficient (Wildman–Crippen LogP) is 12.3. The van der Waals surface area contributed by atoms with Crippen molar-refractivity contribution in [2.24, 2.45) is 0 Å². The molecule has 54 heavy (non-hydrogen) atoms. The number of nitrogens with zero attached hydrogens (tertiary/aromatic N) is 3. The summed E-state index contributed by atoms with van der Waals surface area (Å²) in [6, 6.07) is 63.5. The van der Waals surface area contributed by atoms with E-state index in [1.54, 1.807) is 0 Å². The molecule has 0 N–H and O–H groups in total. The van der Waals surface area contributed by atoms with Gasteiger partial charge in [0.05, 0.1) is 16.8 Å². The van der Waals surface area contributed by atoms with Gasteiger partial charge in [-0.1, -0.05) is 158 Å². The first kappa shape index (κ1) is 30.6. The van der Waals surface area contributed by atoms with Gasteiger partial charge >= 0.3 is 0 Å². The lowest BCUT2D eigenvalue weighted by atomic mass is 9.70. The number of rotatable bonds is 4. The molecule has 3 heteroatoms. The fourth-order valence-corrected chi connectivity index (χ4v) is 9.24. The van der Waals surface area contributed by atoms with Crippen LogP contribution in [0, 0.1) is 6.92 Å². The van der Waals surface area contributed by atoms with Gasteiger partial charge in [-0.15, -0.1) is 0 Å². The Morgan fingerprint density at radius 2 is 1.04 bits per heavy atom. The van der Waals surface area contributed by atoms with E-state index in [2.05, 4.69) is 182 Å². The second-order valence-electron chi connectivity index (χ2n) is 14.3. The first-order chi connectivity index (χ1) is 26.7. The van der Waals surface area contributed by atoms with E-state index in [1.807, 2.05) is 12.3 Å². The minimum absolute atomic E-state index is 0.506. The quantitative estimate of drug-likeness (QED) is 0.185. The Morgan fingerprint density at radius 3 is 1.91 bits per heavy atom. The molecular weight excluding hydrogens is 655 g/mol. The number of hydrogen-bond acceptors (Lipinski definition) is 3. The minimum Gasteiger partial charge on any atom is -0.261 e. The van der Waals surface area contributed by atoms with Crippen LogP contribution in [0.2, 0.25) is 0 Å². The molecule has 1 atom stereocenters. The van der Waals surface area contributed by atoms with Gasteiger partial charge in [0.15, 0.2) is 5.82 Å². The Bertz CT molecular complexity index is 2960. The minimum atomic E-state index is -0.506. The van der Waals surface area contributed by atoms with Gasteiger partial charge in [-0.3, -0.25) is 4.98 Å². The summed E-state index contributed by atoms with van der Waals surface area (Å²) in [6.07, 6.45) is 1.87. The maximum absolute atomic E-state index is 5.45. The fraction of sp³-hybridized carbons (Fsp3) is 0.0392. The number of pyridine rings is 1. The molecule has 0 fully saturated rings. The molecule has 9 aromatic rings. The lowest BCUT2D eigenvalue weighted by Gasteiger charge is -2.31. The maximum Gasteiger partial charge on any atom is 0.161 e. The third-order valence-electron chi connectivity index (χ3n) is 11.5. The molecule has 0 bridgehead atoms. The van der Waals surface area contributed by atoms with Crippen LogP contribution < -0.4 is 0 Å². The van der Waals surface area contributed by atoms with Gasteiger partial charge in [0, 0.05) is 34.1 Å². The molecule has 3 nitrogen and oxygen atoms in total. The highest BCUT2D eigenvalue weighted by Crippen LogP contribution is 2.64. The molecule has 1 unspecified atom stereocenters. The number of fused-ring (bicyclic) bond motifs is 11. The van der Waals surface area contributed by atoms with Crippen molar-refractivity contribution < 1.29 is 0 Å². The smallest absolute Gasteiger partial charge is 0.161 e. The maximum atomic E-state index is 5.45. The van der Waals surface area contributed by atoms with E-state index < -0.39 is 5.41 Å². The zero-order chi connectivity index (χ0) is 35.8. The van der Waals surface area contributed by atoms with Crippen molar-refractivity contribution >= 4 is 10.8 Å². The van der Waals surface area contributed by atoms with Gasteiger partial charge in [0.1, 0.15) is 0 Å². The second-order valence-corrected chi connectivity index (χ2v) is 14.3. The standard InChI is InChI=1S/C51H33N3/c1-32-36(23-13-29-52-32)35-27-28-39-38-19-7-9-24-43(38)51(46(39)30-35)44-25-10-8-20-41(44)49-42(22-12-26-45(49)51)48-31-47(34-15-3-2-4-16-34)53-50(54-48)40-21-11-17-33-14-5-6-18-37(33)40/h2-31H,1H3. The summed E-state index contributed by atoms with van der Waals surface area (Å²) in [5.74, 6) is 0.717. The normalized spacial score (nSPS) is 14.8. The Labute approximate surface area is 314 Å². The van der Waals surface area contributed by atoms with Crippen LogP contribution in [0.1, 0.15) is 27.9 Å². The van der Waals surface area contributed by atoms with Crippen molar-refractivity contribution in [2.75, 3.05) is 0 Å². The highest BCUT2D eigenvalue weighted by molar-refractivity contribution is 6.01. The van der Waals surface area contributed by atoms with E-state index in [-0.39, 0.29) is 0 Å². The predicted molar refractivity (Wildman–Crippen MR) is 220 cm³/mol. The Balaban J connectivity index is 1.21. The molecule has 11 rings (SSSR count). The number of benzene rings is 7. The molecule has 2 heterocycles. The topological polar surface area (TPSA) is 38.7 Å². The van der Waals surface area contributed by atoms with Crippen LogP contribution in [0.15, 0.2) is 182 Å². The van der Waals surface area contributed by atoms with Gasteiger partial charge in [-0.25, -0.2) is 9.97 Å². The fourth-order valence-electron chi connectivity index (χ4n) is 9.24. The van der Waals surface area contributed by atoms with Crippen molar-refractivity contribution in [3.05, 3.63) is 210 Å². The molecule has 0 aliphatic heterocycles. The SMILES string of the molecule is Cc1ncccc1-c1ccc2c(c1)C1(c3ccccc3-2)c2ccccc2-c2c(-c3cc(-c4ccccc4)nc(-c4cccc5ccccc45)n3)cccc21. The van der Waals surface area contributed by atoms with Crippen molar-refractivity contribution in [1.82, 2.24) is 15.0 Å². The molecule has 2 aliphatic rings. The molecule has 0 amide bonds. The first-order valence-corrected chi connectivity index (χ1v) is 18.5. The average molecular weight is 688 g/mol. The van der Waals surface area contributed by atoms with Crippen LogP contribution in [0.5, 0.6) is 0 Å². The molecule has 2 aromatic heterocycles. The Hall–Kier alpha value is -6.97. The van der Waals surface area contributed by atoms with Crippen LogP contribution in [0.25, 0.3) is 78.1 Å². The summed E-state index contributed by atoms with van der Waals surface area (Å²) >= 11 is 0. The summed E-state index contributed by atoms with van der Waals surface area (Å²) in [5, 5.41) is 2.30. The van der Waals surface area contributed by atoms with E-state index >= 15 is 0 Å². The Kier molecular flexibility index (Phi) is 6.68. The van der Waals surface area contributed by atoms with Crippen molar-refractivity contribution in [3.8, 4) is 67.3 Å². The van der Waals surface area contributed by atoms with Crippen molar-refractivity contribution in [2.45, 2.75) is 12.3 Å². The third kappa shape index (κ3) is 4.33. The zero-order valence-electron chi connectivity index (χ0n) is 29.7. The highest BCUT2D eigenvalue weighted by Gasteiger charge is 2.52. The summed E-state index contributed by atoms with van der Waals surface area (Å²) in [4.78, 5) is 15.4. The summed E-state index contributed by atoms with van der Waals surface area (Å²) < 4.78 is 0. The van der Waals surface area contributed by atoms with Crippen LogP contribution in [-0.4, -0.2) is 15.0 Å². The summed E-state index contributed by atoms with van der Waals surface area (Å²) in [6.45, 7) is 2.09. The van der Waals surface area contributed by atoms with Gasteiger partial charge in [-0.05, 0) is 86.0 Å². The summed E-state index contributed by atoms with van der Waals surface area (Å²) in [5.41, 5.74) is 18.0. The van der Waals surface area contributed by atoms with Crippen molar-refractivity contribution in [3.63, 3.8) is 0 Å². The molecule has 252 valence electrons. The number of hydrogen-bond donors (Lipinski definition) is 0. The van der Waals surface area contributed by atoms with Crippen LogP contribution >= 0.6 is 0 Å². The van der Waals surface area contributed by atoms with Crippen LogP contribution in [0.3, 0.4) is 0 Å². The van der Waals surface area contributed by atoms with Gasteiger partial charge < -0.3 is 0 Å². The lowest BCUT2D eigenvalue weighted by Crippen LogP contribution is -2.25. The van der Waals surface area contributed by atoms with E-state index in [1.165, 1.54) is 55.5 Å². The van der Waals surface area contributed by atoms with Gasteiger partial charge in [-0.2, -0.15) is 0 Å². The molecule has 1 spiro atoms. The zero-order valence-corrected chi connectivity index (χ0v) is 29.7. The third-order valence-corrected chi connectivity index (χ3v) is 11.5. The molecule has 7 aromatic carbocycles. The Morgan fingerprint density at radius 1 is 0.407 bits per heavy atom. The first-order valence-electron chi connectivity index (χ1n) is 18.5. The second kappa shape index (κ2) is 11.8. The molecule has 2 aliphatic carbocycles.